The Morgan fingerprint density at radius 1 is 1.33 bits per heavy atom. The first-order valence-electron chi connectivity index (χ1n) is 5.94. The molecule has 0 heterocycles. The minimum absolute atomic E-state index is 0. The van der Waals surface area contributed by atoms with Gasteiger partial charge in [0.15, 0.2) is 0 Å². The van der Waals surface area contributed by atoms with Crippen LogP contribution in [0.4, 0.5) is 0 Å². The van der Waals surface area contributed by atoms with Crippen molar-refractivity contribution in [2.45, 2.75) is 25.0 Å². The van der Waals surface area contributed by atoms with Gasteiger partial charge in [0.05, 0.1) is 12.2 Å². The molecule has 0 aromatic carbocycles. The zero-order valence-electron chi connectivity index (χ0n) is 12.3. The summed E-state index contributed by atoms with van der Waals surface area (Å²) in [5.41, 5.74) is -1.12. The molecule has 0 aromatic rings. The molecule has 0 spiro atoms. The van der Waals surface area contributed by atoms with Crippen molar-refractivity contribution in [1.29, 1.82) is 0 Å². The molecule has 0 radical (unpaired) electrons. The molecular weight excluding hydrogens is 494 g/mol. The van der Waals surface area contributed by atoms with Gasteiger partial charge in [-0.25, -0.2) is 4.57 Å². The molecule has 1 rings (SSSR count). The van der Waals surface area contributed by atoms with Crippen LogP contribution in [0, 0.1) is 12.3 Å². The number of rotatable bonds is 7. The molecule has 0 amide bonds. The summed E-state index contributed by atoms with van der Waals surface area (Å²) >= 11 is 0. The van der Waals surface area contributed by atoms with E-state index in [4.69, 9.17) is 13.8 Å². The third-order valence-electron chi connectivity index (χ3n) is 3.30. The van der Waals surface area contributed by atoms with Crippen molar-refractivity contribution >= 4 is 15.4 Å². The maximum absolute atomic E-state index is 11.5. The normalized spacial score (nSPS) is 34.8. The predicted octanol–water partition coefficient (Wildman–Crippen LogP) is 1.58. The van der Waals surface area contributed by atoms with Crippen molar-refractivity contribution in [3.63, 3.8) is 0 Å². The molecule has 1 aliphatic rings. The Hall–Kier alpha value is 0.908. The Morgan fingerprint density at radius 2 is 1.90 bits per heavy atom. The molecule has 8 nitrogen and oxygen atoms in total. The van der Waals surface area contributed by atoms with Crippen LogP contribution in [0.5, 0.6) is 0 Å². The zero-order valence-corrected chi connectivity index (χ0v) is 17.0. The van der Waals surface area contributed by atoms with Gasteiger partial charge in [-0.2, -0.15) is 6.42 Å². The predicted molar refractivity (Wildman–Crippen MR) is 71.2 cm³/mol. The fourth-order valence-electron chi connectivity index (χ4n) is 2.28. The second kappa shape index (κ2) is 8.14. The van der Waals surface area contributed by atoms with Crippen LogP contribution in [0.25, 0.3) is 0 Å². The van der Waals surface area contributed by atoms with Crippen molar-refractivity contribution in [2.75, 3.05) is 27.5 Å². The van der Waals surface area contributed by atoms with Crippen LogP contribution in [0.15, 0.2) is 0 Å². The van der Waals surface area contributed by atoms with Crippen molar-refractivity contribution in [3.05, 3.63) is 6.42 Å². The standard InChI is InChI=1S/C10H21O8P2.W/c1-10(18-19(4,11)12)8(5-6-9(10)15-2)7-17-20(13,14)16-3;/h6,8-9H,5,7H2,1-4H3,(H,11,12)(H,13,14);/q-1;/t8-,9?,10+;/m1./s1. The van der Waals surface area contributed by atoms with E-state index in [0.717, 1.165) is 13.8 Å². The van der Waals surface area contributed by atoms with E-state index in [0.29, 0.717) is 6.42 Å². The molecule has 0 bridgehead atoms. The Bertz CT molecular complexity index is 427. The number of hydrogen-bond donors (Lipinski definition) is 2. The van der Waals surface area contributed by atoms with Gasteiger partial charge in [-0.05, 0) is 18.9 Å². The van der Waals surface area contributed by atoms with Crippen LogP contribution < -0.4 is 0 Å². The maximum atomic E-state index is 11.5. The molecule has 0 aromatic heterocycles. The molecule has 11 heteroatoms. The quantitative estimate of drug-likeness (QED) is 0.389. The summed E-state index contributed by atoms with van der Waals surface area (Å²) in [6.45, 7) is 2.53. The number of ether oxygens (including phenoxy) is 1. The number of methoxy groups -OCH3 is 1. The number of phosphoric ester groups is 1. The fourth-order valence-corrected chi connectivity index (χ4v) is 3.74. The molecule has 126 valence electrons. The molecule has 0 saturated heterocycles. The van der Waals surface area contributed by atoms with Gasteiger partial charge >= 0.3 is 15.4 Å². The van der Waals surface area contributed by atoms with E-state index < -0.39 is 33.0 Å². The minimum Gasteiger partial charge on any atom is -0.410 e. The van der Waals surface area contributed by atoms with E-state index in [1.165, 1.54) is 7.11 Å². The SMILES string of the molecule is COC1[CH-]C[C@H](COP(=O)(O)OC)[C@]1(C)OP(C)(=O)O.[W]. The van der Waals surface area contributed by atoms with Crippen molar-refractivity contribution in [1.82, 2.24) is 0 Å². The Kier molecular flexibility index (Phi) is 8.49. The van der Waals surface area contributed by atoms with Crippen LogP contribution in [-0.4, -0.2) is 49.0 Å². The van der Waals surface area contributed by atoms with E-state index >= 15 is 0 Å². The van der Waals surface area contributed by atoms with E-state index in [-0.39, 0.29) is 27.7 Å². The summed E-state index contributed by atoms with van der Waals surface area (Å²) in [7, 11) is -5.35. The average molecular weight is 515 g/mol. The van der Waals surface area contributed by atoms with Gasteiger partial charge in [0.25, 0.3) is 0 Å². The van der Waals surface area contributed by atoms with Crippen molar-refractivity contribution in [2.24, 2.45) is 5.92 Å². The number of hydrogen-bond acceptors (Lipinski definition) is 6. The molecule has 21 heavy (non-hydrogen) atoms. The first-order chi connectivity index (χ1) is 9.04. The first-order valence-corrected chi connectivity index (χ1v) is 9.46. The van der Waals surface area contributed by atoms with Gasteiger partial charge in [-0.1, -0.05) is 0 Å². The van der Waals surface area contributed by atoms with Gasteiger partial charge in [0.1, 0.15) is 0 Å². The van der Waals surface area contributed by atoms with Gasteiger partial charge in [-0.3, -0.25) is 20.0 Å². The molecular formula is C10H21O8P2W-. The molecule has 1 fully saturated rings. The largest absolute Gasteiger partial charge is 0.471 e. The van der Waals surface area contributed by atoms with Gasteiger partial charge in [0.2, 0.25) is 0 Å². The summed E-state index contributed by atoms with van der Waals surface area (Å²) in [4.78, 5) is 18.7. The summed E-state index contributed by atoms with van der Waals surface area (Å²) in [5, 5.41) is 0. The molecule has 1 saturated carbocycles. The molecule has 5 atom stereocenters. The van der Waals surface area contributed by atoms with Gasteiger partial charge in [0, 0.05) is 41.9 Å². The van der Waals surface area contributed by atoms with E-state index in [1.807, 2.05) is 0 Å². The third kappa shape index (κ3) is 6.13. The summed E-state index contributed by atoms with van der Waals surface area (Å²) in [5.74, 6) is -0.413. The number of phosphoric acid groups is 1. The second-order valence-corrected chi connectivity index (χ2v) is 8.20. The molecule has 3 unspecified atom stereocenters. The summed E-state index contributed by atoms with van der Waals surface area (Å²) in [6, 6.07) is 0. The third-order valence-corrected chi connectivity index (χ3v) is 4.97. The topological polar surface area (TPSA) is 112 Å². The minimum atomic E-state index is -4.10. The molecule has 2 N–H and O–H groups in total. The van der Waals surface area contributed by atoms with Crippen molar-refractivity contribution in [3.8, 4) is 0 Å². The van der Waals surface area contributed by atoms with Crippen LogP contribution in [-0.2, 0) is 48.5 Å². The molecule has 1 aliphatic carbocycles. The Morgan fingerprint density at radius 3 is 2.33 bits per heavy atom. The molecule has 0 aliphatic heterocycles. The Balaban J connectivity index is 0.00000400. The van der Waals surface area contributed by atoms with E-state index in [1.54, 1.807) is 13.3 Å². The fraction of sp³-hybridized carbons (Fsp3) is 0.900. The van der Waals surface area contributed by atoms with E-state index in [9.17, 15) is 18.9 Å². The van der Waals surface area contributed by atoms with E-state index in [2.05, 4.69) is 4.52 Å². The van der Waals surface area contributed by atoms with Crippen LogP contribution >= 0.6 is 15.4 Å². The van der Waals surface area contributed by atoms with Crippen LogP contribution in [0.3, 0.4) is 0 Å². The average Bonchev–Trinajstić information content (AvgIpc) is 2.60. The summed E-state index contributed by atoms with van der Waals surface area (Å²) in [6.07, 6.45) is 1.72. The summed E-state index contributed by atoms with van der Waals surface area (Å²) < 4.78 is 42.5. The van der Waals surface area contributed by atoms with Crippen molar-refractivity contribution < 1.29 is 58.3 Å². The van der Waals surface area contributed by atoms with Crippen LogP contribution in [0.1, 0.15) is 13.3 Å². The van der Waals surface area contributed by atoms with Gasteiger partial charge < -0.3 is 19.0 Å². The van der Waals surface area contributed by atoms with Gasteiger partial charge in [-0.15, -0.1) is 0 Å². The zero-order chi connectivity index (χ0) is 15.6. The second-order valence-electron chi connectivity index (χ2n) is 4.85. The monoisotopic (exact) mass is 515 g/mol. The Labute approximate surface area is 138 Å². The smallest absolute Gasteiger partial charge is 0.410 e. The first kappa shape index (κ1) is 21.9. The maximum Gasteiger partial charge on any atom is 0.471 e. The van der Waals surface area contributed by atoms with Crippen LogP contribution in [0.2, 0.25) is 0 Å².